The van der Waals surface area contributed by atoms with Gasteiger partial charge in [0.2, 0.25) is 0 Å². The topological polar surface area (TPSA) is 30.0 Å². The molecule has 0 aliphatic carbocycles. The van der Waals surface area contributed by atoms with Crippen molar-refractivity contribution >= 4 is 6.29 Å². The molecule has 0 spiro atoms. The molecule has 1 rings (SSSR count). The number of alkyl halides is 3. The molecule has 1 heterocycles. The first kappa shape index (κ1) is 9.70. The van der Waals surface area contributed by atoms with Gasteiger partial charge in [-0.15, -0.1) is 0 Å². The van der Waals surface area contributed by atoms with Gasteiger partial charge in [-0.25, -0.2) is 0 Å². The van der Waals surface area contributed by atoms with Crippen LogP contribution in [0, 0.1) is 6.92 Å². The van der Waals surface area contributed by atoms with Crippen LogP contribution in [0.2, 0.25) is 0 Å². The van der Waals surface area contributed by atoms with E-state index in [-0.39, 0.29) is 11.3 Å². The van der Waals surface area contributed by atoms with Crippen molar-refractivity contribution in [2.45, 2.75) is 13.1 Å². The van der Waals surface area contributed by atoms with Crippen LogP contribution in [0.4, 0.5) is 13.2 Å². The lowest BCUT2D eigenvalue weighted by molar-refractivity contribution is -0.137. The molecule has 0 bridgehead atoms. The highest BCUT2D eigenvalue weighted by molar-refractivity contribution is 5.74. The normalized spacial score (nSPS) is 11.4. The zero-order chi connectivity index (χ0) is 10.1. The van der Waals surface area contributed by atoms with Gasteiger partial charge in [-0.2, -0.15) is 13.2 Å². The highest BCUT2D eigenvalue weighted by Gasteiger charge is 2.31. The Bertz CT molecular complexity index is 333. The molecule has 0 aliphatic heterocycles. The lowest BCUT2D eigenvalue weighted by Crippen LogP contribution is -2.07. The molecule has 2 nitrogen and oxygen atoms in total. The van der Waals surface area contributed by atoms with Gasteiger partial charge in [0.05, 0.1) is 5.56 Å². The summed E-state index contributed by atoms with van der Waals surface area (Å²) < 4.78 is 36.2. The van der Waals surface area contributed by atoms with E-state index in [9.17, 15) is 18.0 Å². The fraction of sp³-hybridized carbons (Fsp3) is 0.250. The lowest BCUT2D eigenvalue weighted by Gasteiger charge is -2.06. The van der Waals surface area contributed by atoms with Crippen molar-refractivity contribution in [1.29, 1.82) is 0 Å². The minimum absolute atomic E-state index is 0.0352. The third-order valence-corrected chi connectivity index (χ3v) is 1.56. The quantitative estimate of drug-likeness (QED) is 0.634. The summed E-state index contributed by atoms with van der Waals surface area (Å²) in [5.41, 5.74) is -0.576. The molecule has 5 heteroatoms. The van der Waals surface area contributed by atoms with E-state index in [0.717, 1.165) is 6.07 Å². The highest BCUT2D eigenvalue weighted by Crippen LogP contribution is 2.29. The van der Waals surface area contributed by atoms with Crippen LogP contribution in [0.25, 0.3) is 0 Å². The first-order chi connectivity index (χ1) is 5.95. The SMILES string of the molecule is Cc1cc(C(F)(F)F)cnc1C=O. The second-order valence-electron chi connectivity index (χ2n) is 2.54. The highest BCUT2D eigenvalue weighted by atomic mass is 19.4. The molecule has 0 amide bonds. The van der Waals surface area contributed by atoms with Gasteiger partial charge in [0.1, 0.15) is 5.69 Å². The molecule has 0 atom stereocenters. The maximum Gasteiger partial charge on any atom is 0.417 e. The van der Waals surface area contributed by atoms with Gasteiger partial charge in [0.15, 0.2) is 6.29 Å². The number of halogens is 3. The van der Waals surface area contributed by atoms with Gasteiger partial charge < -0.3 is 0 Å². The van der Waals surface area contributed by atoms with E-state index in [1.165, 1.54) is 6.92 Å². The third kappa shape index (κ3) is 2.05. The monoisotopic (exact) mass is 189 g/mol. The maximum absolute atomic E-state index is 12.1. The minimum Gasteiger partial charge on any atom is -0.296 e. The predicted molar refractivity (Wildman–Crippen MR) is 39.4 cm³/mol. The fourth-order valence-corrected chi connectivity index (χ4v) is 0.864. The van der Waals surface area contributed by atoms with Crippen molar-refractivity contribution < 1.29 is 18.0 Å². The van der Waals surface area contributed by atoms with E-state index >= 15 is 0 Å². The standard InChI is InChI=1S/C8H6F3NO/c1-5-2-6(8(9,10)11)3-12-7(5)4-13/h2-4H,1H3. The van der Waals surface area contributed by atoms with Crippen molar-refractivity contribution in [2.75, 3.05) is 0 Å². The Morgan fingerprint density at radius 1 is 1.46 bits per heavy atom. The summed E-state index contributed by atoms with van der Waals surface area (Å²) in [7, 11) is 0. The summed E-state index contributed by atoms with van der Waals surface area (Å²) in [4.78, 5) is 13.6. The smallest absolute Gasteiger partial charge is 0.296 e. The van der Waals surface area contributed by atoms with Crippen LogP contribution < -0.4 is 0 Å². The first-order valence-corrected chi connectivity index (χ1v) is 3.44. The average molecular weight is 189 g/mol. The molecular weight excluding hydrogens is 183 g/mol. The number of aldehydes is 1. The molecule has 0 saturated carbocycles. The van der Waals surface area contributed by atoms with Crippen molar-refractivity contribution in [2.24, 2.45) is 0 Å². The van der Waals surface area contributed by atoms with Gasteiger partial charge in [-0.3, -0.25) is 9.78 Å². The second kappa shape index (κ2) is 3.16. The van der Waals surface area contributed by atoms with Crippen molar-refractivity contribution in [3.05, 3.63) is 29.1 Å². The minimum atomic E-state index is -4.40. The van der Waals surface area contributed by atoms with Crippen LogP contribution >= 0.6 is 0 Å². The van der Waals surface area contributed by atoms with E-state index in [1.807, 2.05) is 0 Å². The summed E-state index contributed by atoms with van der Waals surface area (Å²) in [6.45, 7) is 1.41. The molecule has 0 aliphatic rings. The summed E-state index contributed by atoms with van der Waals surface area (Å²) in [5.74, 6) is 0. The zero-order valence-corrected chi connectivity index (χ0v) is 6.72. The second-order valence-corrected chi connectivity index (χ2v) is 2.54. The van der Waals surface area contributed by atoms with Gasteiger partial charge in [0.25, 0.3) is 0 Å². The summed E-state index contributed by atoms with van der Waals surface area (Å²) in [6, 6.07) is 0.900. The molecule has 0 unspecified atom stereocenters. The van der Waals surface area contributed by atoms with Crippen LogP contribution in [0.3, 0.4) is 0 Å². The van der Waals surface area contributed by atoms with E-state index in [4.69, 9.17) is 0 Å². The Balaban J connectivity index is 3.17. The fourth-order valence-electron chi connectivity index (χ4n) is 0.864. The Kier molecular flexibility index (Phi) is 2.36. The number of hydrogen-bond donors (Lipinski definition) is 0. The van der Waals surface area contributed by atoms with Crippen molar-refractivity contribution in [3.63, 3.8) is 0 Å². The van der Waals surface area contributed by atoms with E-state index in [0.29, 0.717) is 12.5 Å². The molecule has 0 N–H and O–H groups in total. The van der Waals surface area contributed by atoms with Gasteiger partial charge in [0, 0.05) is 6.20 Å². The molecule has 0 fully saturated rings. The van der Waals surface area contributed by atoms with Gasteiger partial charge >= 0.3 is 6.18 Å². The number of aryl methyl sites for hydroxylation is 1. The largest absolute Gasteiger partial charge is 0.417 e. The molecule has 0 aromatic carbocycles. The van der Waals surface area contributed by atoms with Crippen molar-refractivity contribution in [3.8, 4) is 0 Å². The van der Waals surface area contributed by atoms with E-state index < -0.39 is 11.7 Å². The number of nitrogens with zero attached hydrogens (tertiary/aromatic N) is 1. The molecule has 70 valence electrons. The number of pyridine rings is 1. The van der Waals surface area contributed by atoms with Gasteiger partial charge in [-0.05, 0) is 18.6 Å². The number of rotatable bonds is 1. The molecule has 1 aromatic heterocycles. The van der Waals surface area contributed by atoms with Crippen LogP contribution in [-0.4, -0.2) is 11.3 Å². The van der Waals surface area contributed by atoms with E-state index in [1.54, 1.807) is 0 Å². The van der Waals surface area contributed by atoms with Crippen LogP contribution in [0.1, 0.15) is 21.6 Å². The summed E-state index contributed by atoms with van der Waals surface area (Å²) in [6.07, 6.45) is -3.33. The van der Waals surface area contributed by atoms with E-state index in [2.05, 4.69) is 4.98 Å². The predicted octanol–water partition coefficient (Wildman–Crippen LogP) is 2.22. The lowest BCUT2D eigenvalue weighted by atomic mass is 10.1. The summed E-state index contributed by atoms with van der Waals surface area (Å²) in [5, 5.41) is 0. The molecular formula is C8H6F3NO. The number of aromatic nitrogens is 1. The van der Waals surface area contributed by atoms with Crippen LogP contribution in [0.15, 0.2) is 12.3 Å². The Labute approximate surface area is 72.4 Å². The molecule has 0 saturated heterocycles. The Morgan fingerprint density at radius 3 is 2.46 bits per heavy atom. The number of carbonyl (C=O) groups excluding carboxylic acids is 1. The molecule has 1 aromatic rings. The summed E-state index contributed by atoms with van der Waals surface area (Å²) >= 11 is 0. The van der Waals surface area contributed by atoms with Crippen LogP contribution in [0.5, 0.6) is 0 Å². The number of hydrogen-bond acceptors (Lipinski definition) is 2. The van der Waals surface area contributed by atoms with Crippen molar-refractivity contribution in [1.82, 2.24) is 4.98 Å². The Morgan fingerprint density at radius 2 is 2.08 bits per heavy atom. The van der Waals surface area contributed by atoms with Crippen LogP contribution in [-0.2, 0) is 6.18 Å². The zero-order valence-electron chi connectivity index (χ0n) is 6.72. The average Bonchev–Trinajstić information content (AvgIpc) is 2.02. The maximum atomic E-state index is 12.1. The van der Waals surface area contributed by atoms with Gasteiger partial charge in [-0.1, -0.05) is 0 Å². The Hall–Kier alpha value is -1.39. The molecule has 0 radical (unpaired) electrons. The number of carbonyl (C=O) groups is 1. The first-order valence-electron chi connectivity index (χ1n) is 3.44. The third-order valence-electron chi connectivity index (χ3n) is 1.56. The molecule has 13 heavy (non-hydrogen) atoms.